The maximum Gasteiger partial charge on any atom is 0.302 e. The van der Waals surface area contributed by atoms with Crippen LogP contribution in [0.15, 0.2) is 35.2 Å². The largest absolute Gasteiger partial charge is 0.461 e. The van der Waals surface area contributed by atoms with Crippen LogP contribution < -0.4 is 0 Å². The monoisotopic (exact) mass is 312 g/mol. The van der Waals surface area contributed by atoms with Crippen LogP contribution >= 0.6 is 0 Å². The van der Waals surface area contributed by atoms with Crippen molar-refractivity contribution in [1.82, 2.24) is 0 Å². The number of ether oxygens (including phenoxy) is 1. The average Bonchev–Trinajstić information content (AvgIpc) is 2.35. The third kappa shape index (κ3) is 5.16. The SMILES string of the molecule is CC(=O)O[C@@H](C)[C@@H](CC(C)(C)C)S(=O)(=O)c1ccccc1. The van der Waals surface area contributed by atoms with E-state index in [1.165, 1.54) is 6.92 Å². The van der Waals surface area contributed by atoms with E-state index in [1.54, 1.807) is 37.3 Å². The van der Waals surface area contributed by atoms with Gasteiger partial charge >= 0.3 is 5.97 Å². The summed E-state index contributed by atoms with van der Waals surface area (Å²) in [5.41, 5.74) is -0.194. The quantitative estimate of drug-likeness (QED) is 0.783. The van der Waals surface area contributed by atoms with Crippen LogP contribution in [0.25, 0.3) is 0 Å². The van der Waals surface area contributed by atoms with Crippen molar-refractivity contribution in [3.63, 3.8) is 0 Å². The Kier molecular flexibility index (Phi) is 5.56. The van der Waals surface area contributed by atoms with Gasteiger partial charge in [-0.3, -0.25) is 4.79 Å². The van der Waals surface area contributed by atoms with Crippen molar-refractivity contribution >= 4 is 15.8 Å². The fraction of sp³-hybridized carbons (Fsp3) is 0.562. The lowest BCUT2D eigenvalue weighted by Crippen LogP contribution is -2.38. The van der Waals surface area contributed by atoms with E-state index in [0.29, 0.717) is 6.42 Å². The molecule has 0 unspecified atom stereocenters. The van der Waals surface area contributed by atoms with Crippen LogP contribution in [-0.2, 0) is 19.4 Å². The predicted octanol–water partition coefficient (Wildman–Crippen LogP) is 3.22. The van der Waals surface area contributed by atoms with Crippen LogP contribution in [0.1, 0.15) is 41.0 Å². The minimum absolute atomic E-state index is 0.194. The maximum absolute atomic E-state index is 12.8. The molecule has 4 nitrogen and oxygen atoms in total. The first kappa shape index (κ1) is 17.7. The zero-order chi connectivity index (χ0) is 16.3. The number of carbonyl (C=O) groups excluding carboxylic acids is 1. The third-order valence-electron chi connectivity index (χ3n) is 3.16. The summed E-state index contributed by atoms with van der Waals surface area (Å²) in [6, 6.07) is 8.30. The molecule has 0 fully saturated rings. The summed E-state index contributed by atoms with van der Waals surface area (Å²) in [7, 11) is -3.56. The zero-order valence-electron chi connectivity index (χ0n) is 13.3. The van der Waals surface area contributed by atoms with Crippen LogP contribution in [-0.4, -0.2) is 25.7 Å². The summed E-state index contributed by atoms with van der Waals surface area (Å²) >= 11 is 0. The molecule has 0 N–H and O–H groups in total. The Morgan fingerprint density at radius 2 is 1.71 bits per heavy atom. The minimum Gasteiger partial charge on any atom is -0.461 e. The lowest BCUT2D eigenvalue weighted by molar-refractivity contribution is -0.145. The van der Waals surface area contributed by atoms with Crippen molar-refractivity contribution in [3.05, 3.63) is 30.3 Å². The molecule has 0 aromatic heterocycles. The number of carbonyl (C=O) groups is 1. The first-order valence-electron chi connectivity index (χ1n) is 7.00. The molecule has 2 atom stereocenters. The van der Waals surface area contributed by atoms with Crippen molar-refractivity contribution in [2.24, 2.45) is 5.41 Å². The van der Waals surface area contributed by atoms with Gasteiger partial charge in [-0.2, -0.15) is 0 Å². The van der Waals surface area contributed by atoms with Gasteiger partial charge in [0.05, 0.1) is 4.90 Å². The summed E-state index contributed by atoms with van der Waals surface area (Å²) in [6.45, 7) is 8.85. The zero-order valence-corrected chi connectivity index (χ0v) is 14.1. The summed E-state index contributed by atoms with van der Waals surface area (Å²) in [5.74, 6) is -0.468. The molecule has 0 spiro atoms. The second-order valence-electron chi connectivity index (χ2n) is 6.48. The van der Waals surface area contributed by atoms with Crippen LogP contribution in [0.2, 0.25) is 0 Å². The van der Waals surface area contributed by atoms with E-state index in [4.69, 9.17) is 4.74 Å². The maximum atomic E-state index is 12.8. The molecule has 0 aliphatic heterocycles. The summed E-state index contributed by atoms with van der Waals surface area (Å²) in [6.07, 6.45) is -0.273. The second-order valence-corrected chi connectivity index (χ2v) is 8.64. The van der Waals surface area contributed by atoms with Gasteiger partial charge < -0.3 is 4.74 Å². The van der Waals surface area contributed by atoms with E-state index >= 15 is 0 Å². The molecular weight excluding hydrogens is 288 g/mol. The highest BCUT2D eigenvalue weighted by atomic mass is 32.2. The van der Waals surface area contributed by atoms with Crippen LogP contribution in [0.4, 0.5) is 0 Å². The highest BCUT2D eigenvalue weighted by Gasteiger charge is 2.37. The molecule has 5 heteroatoms. The number of benzene rings is 1. The van der Waals surface area contributed by atoms with Crippen molar-refractivity contribution in [1.29, 1.82) is 0 Å². The molecule has 1 aromatic carbocycles. The molecule has 0 aliphatic carbocycles. The Hall–Kier alpha value is -1.36. The fourth-order valence-electron chi connectivity index (χ4n) is 2.25. The van der Waals surface area contributed by atoms with Crippen molar-refractivity contribution in [3.8, 4) is 0 Å². The van der Waals surface area contributed by atoms with Gasteiger partial charge in [0.15, 0.2) is 9.84 Å². The van der Waals surface area contributed by atoms with Gasteiger partial charge in [-0.25, -0.2) is 8.42 Å². The van der Waals surface area contributed by atoms with Crippen molar-refractivity contribution in [2.75, 3.05) is 0 Å². The number of hydrogen-bond acceptors (Lipinski definition) is 4. The number of esters is 1. The van der Waals surface area contributed by atoms with E-state index in [2.05, 4.69) is 0 Å². The van der Waals surface area contributed by atoms with Crippen molar-refractivity contribution in [2.45, 2.75) is 57.3 Å². The van der Waals surface area contributed by atoms with E-state index < -0.39 is 27.2 Å². The molecule has 21 heavy (non-hydrogen) atoms. The Morgan fingerprint density at radius 3 is 2.14 bits per heavy atom. The molecule has 1 rings (SSSR count). The highest BCUT2D eigenvalue weighted by molar-refractivity contribution is 7.92. The molecule has 0 saturated carbocycles. The van der Waals surface area contributed by atoms with Gasteiger partial charge in [0.25, 0.3) is 0 Å². The Balaban J connectivity index is 3.20. The van der Waals surface area contributed by atoms with Gasteiger partial charge in [0, 0.05) is 6.92 Å². The Labute approximate surface area is 127 Å². The van der Waals surface area contributed by atoms with Crippen LogP contribution in [0, 0.1) is 5.41 Å². The predicted molar refractivity (Wildman–Crippen MR) is 82.7 cm³/mol. The minimum atomic E-state index is -3.56. The molecule has 0 amide bonds. The molecule has 0 aliphatic rings. The second kappa shape index (κ2) is 6.60. The summed E-state index contributed by atoms with van der Waals surface area (Å²) in [5, 5.41) is -0.760. The first-order valence-corrected chi connectivity index (χ1v) is 8.55. The van der Waals surface area contributed by atoms with Crippen molar-refractivity contribution < 1.29 is 17.9 Å². The smallest absolute Gasteiger partial charge is 0.302 e. The fourth-order valence-corrected chi connectivity index (χ4v) is 4.42. The van der Waals surface area contributed by atoms with Crippen LogP contribution in [0.3, 0.4) is 0 Å². The number of sulfone groups is 1. The van der Waals surface area contributed by atoms with Gasteiger partial charge in [-0.15, -0.1) is 0 Å². The molecule has 0 saturated heterocycles. The molecule has 118 valence electrons. The third-order valence-corrected chi connectivity index (χ3v) is 5.44. The normalized spacial score (nSPS) is 15.3. The first-order chi connectivity index (χ1) is 9.54. The molecule has 0 heterocycles. The van der Waals surface area contributed by atoms with Gasteiger partial charge in [-0.1, -0.05) is 39.0 Å². The molecule has 0 bridgehead atoms. The van der Waals surface area contributed by atoms with Gasteiger partial charge in [0.1, 0.15) is 11.4 Å². The molecule has 1 aromatic rings. The topological polar surface area (TPSA) is 60.4 Å². The van der Waals surface area contributed by atoms with Gasteiger partial charge in [-0.05, 0) is 30.9 Å². The van der Waals surface area contributed by atoms with Gasteiger partial charge in [0.2, 0.25) is 0 Å². The standard InChI is InChI=1S/C16H24O4S/c1-12(20-13(2)17)15(11-16(3,4)5)21(18,19)14-9-7-6-8-10-14/h6-10,12,15H,11H2,1-5H3/t12-,15+/m0/s1. The lowest BCUT2D eigenvalue weighted by atomic mass is 9.89. The average molecular weight is 312 g/mol. The molecule has 0 radical (unpaired) electrons. The van der Waals surface area contributed by atoms with E-state index in [1.807, 2.05) is 20.8 Å². The summed E-state index contributed by atoms with van der Waals surface area (Å²) < 4.78 is 30.8. The number of hydrogen-bond donors (Lipinski definition) is 0. The Morgan fingerprint density at radius 1 is 1.19 bits per heavy atom. The highest BCUT2D eigenvalue weighted by Crippen LogP contribution is 2.31. The van der Waals surface area contributed by atoms with E-state index in [0.717, 1.165) is 0 Å². The van der Waals surface area contributed by atoms with Crippen LogP contribution in [0.5, 0.6) is 0 Å². The van der Waals surface area contributed by atoms with E-state index in [9.17, 15) is 13.2 Å². The molecular formula is C16H24O4S. The lowest BCUT2D eigenvalue weighted by Gasteiger charge is -2.29. The summed E-state index contributed by atoms with van der Waals surface area (Å²) in [4.78, 5) is 11.4. The number of rotatable bonds is 5. The Bertz CT molecular complexity index is 570. The van der Waals surface area contributed by atoms with E-state index in [-0.39, 0.29) is 10.3 Å².